The molecular weight excluding hydrogens is 243 g/mol. The van der Waals surface area contributed by atoms with Crippen LogP contribution in [-0.2, 0) is 4.79 Å². The summed E-state index contributed by atoms with van der Waals surface area (Å²) in [5, 5.41) is 27.3. The minimum atomic E-state index is -1.93. The molecule has 0 aliphatic heterocycles. The van der Waals surface area contributed by atoms with Crippen molar-refractivity contribution < 1.29 is 20.1 Å². The van der Waals surface area contributed by atoms with E-state index in [-0.39, 0.29) is 15.6 Å². The number of aliphatic carboxylic acids is 1. The van der Waals surface area contributed by atoms with Crippen LogP contribution in [-0.4, -0.2) is 27.4 Å². The average Bonchev–Trinajstić information content (AvgIpc) is 2.20. The fourth-order valence-corrected chi connectivity index (χ4v) is 1.47. The molecule has 0 aliphatic carbocycles. The normalized spacial score (nSPS) is 14.7. The maximum atomic E-state index is 10.4. The lowest BCUT2D eigenvalue weighted by molar-refractivity contribution is -0.153. The van der Waals surface area contributed by atoms with Crippen molar-refractivity contribution in [2.45, 2.75) is 12.2 Å². The van der Waals surface area contributed by atoms with Crippen LogP contribution in [0.2, 0.25) is 10.0 Å². The summed E-state index contributed by atoms with van der Waals surface area (Å²) < 4.78 is 0. The number of rotatable bonds is 3. The summed E-state index contributed by atoms with van der Waals surface area (Å²) in [7, 11) is 0. The predicted molar refractivity (Wildman–Crippen MR) is 55.1 cm³/mol. The summed E-state index contributed by atoms with van der Waals surface area (Å²) in [5.41, 5.74) is 0.0825. The Balaban J connectivity index is 3.06. The first kappa shape index (κ1) is 12.3. The van der Waals surface area contributed by atoms with Gasteiger partial charge in [0, 0.05) is 5.56 Å². The number of aliphatic hydroxyl groups is 2. The second-order valence-corrected chi connectivity index (χ2v) is 3.66. The molecular formula is C9H8Cl2O4. The Hall–Kier alpha value is -0.810. The first-order valence-electron chi connectivity index (χ1n) is 3.98. The topological polar surface area (TPSA) is 77.8 Å². The fourth-order valence-electron chi connectivity index (χ4n) is 1.05. The van der Waals surface area contributed by atoms with Gasteiger partial charge in [0.05, 0.1) is 10.0 Å². The zero-order valence-electron chi connectivity index (χ0n) is 7.39. The number of carbonyl (C=O) groups is 1. The van der Waals surface area contributed by atoms with Crippen molar-refractivity contribution in [3.8, 4) is 0 Å². The van der Waals surface area contributed by atoms with Gasteiger partial charge in [0.15, 0.2) is 6.10 Å². The van der Waals surface area contributed by atoms with Crippen molar-refractivity contribution >= 4 is 29.2 Å². The number of halogens is 2. The number of carboxylic acids is 1. The molecule has 0 bridgehead atoms. The van der Waals surface area contributed by atoms with E-state index in [1.165, 1.54) is 18.2 Å². The molecule has 2 atom stereocenters. The molecule has 0 saturated heterocycles. The highest BCUT2D eigenvalue weighted by atomic mass is 35.5. The first-order valence-corrected chi connectivity index (χ1v) is 4.73. The van der Waals surface area contributed by atoms with Crippen molar-refractivity contribution in [2.24, 2.45) is 0 Å². The summed E-state index contributed by atoms with van der Waals surface area (Å²) in [4.78, 5) is 10.4. The van der Waals surface area contributed by atoms with Crippen molar-refractivity contribution in [3.63, 3.8) is 0 Å². The second kappa shape index (κ2) is 4.81. The molecule has 0 fully saturated rings. The van der Waals surface area contributed by atoms with Gasteiger partial charge in [-0.1, -0.05) is 35.3 Å². The summed E-state index contributed by atoms with van der Waals surface area (Å²) in [6, 6.07) is 4.39. The van der Waals surface area contributed by atoms with Crippen molar-refractivity contribution in [2.75, 3.05) is 0 Å². The van der Waals surface area contributed by atoms with Gasteiger partial charge in [-0.05, 0) is 6.07 Å². The van der Waals surface area contributed by atoms with Crippen LogP contribution in [0.25, 0.3) is 0 Å². The van der Waals surface area contributed by atoms with E-state index in [1.807, 2.05) is 0 Å². The highest BCUT2D eigenvalue weighted by Crippen LogP contribution is 2.31. The van der Waals surface area contributed by atoms with Gasteiger partial charge < -0.3 is 15.3 Å². The molecule has 2 unspecified atom stereocenters. The van der Waals surface area contributed by atoms with E-state index >= 15 is 0 Å². The Morgan fingerprint density at radius 3 is 2.40 bits per heavy atom. The third-order valence-electron chi connectivity index (χ3n) is 1.85. The van der Waals surface area contributed by atoms with Crippen molar-refractivity contribution in [1.29, 1.82) is 0 Å². The minimum absolute atomic E-state index is 0.0342. The Morgan fingerprint density at radius 1 is 1.27 bits per heavy atom. The molecule has 15 heavy (non-hydrogen) atoms. The molecule has 82 valence electrons. The number of benzene rings is 1. The monoisotopic (exact) mass is 250 g/mol. The van der Waals surface area contributed by atoms with Crippen LogP contribution in [0.4, 0.5) is 0 Å². The molecule has 0 radical (unpaired) electrons. The molecule has 0 aromatic heterocycles. The van der Waals surface area contributed by atoms with Crippen LogP contribution in [0.3, 0.4) is 0 Å². The number of aliphatic hydroxyl groups excluding tert-OH is 2. The number of hydrogen-bond donors (Lipinski definition) is 3. The predicted octanol–water partition coefficient (Wildman–Crippen LogP) is 1.47. The molecule has 6 heteroatoms. The maximum absolute atomic E-state index is 10.4. The van der Waals surface area contributed by atoms with Crippen LogP contribution in [0.15, 0.2) is 18.2 Å². The van der Waals surface area contributed by atoms with Gasteiger partial charge in [-0.2, -0.15) is 0 Å². The smallest absolute Gasteiger partial charge is 0.335 e. The summed E-state index contributed by atoms with van der Waals surface area (Å²) in [5.74, 6) is -1.53. The van der Waals surface area contributed by atoms with Gasteiger partial charge in [0.25, 0.3) is 0 Å². The van der Waals surface area contributed by atoms with Crippen molar-refractivity contribution in [3.05, 3.63) is 33.8 Å². The molecule has 4 nitrogen and oxygen atoms in total. The lowest BCUT2D eigenvalue weighted by Crippen LogP contribution is -2.27. The SMILES string of the molecule is O=C(O)C(O)C(O)c1cccc(Cl)c1Cl. The molecule has 3 N–H and O–H groups in total. The quantitative estimate of drug-likeness (QED) is 0.760. The second-order valence-electron chi connectivity index (χ2n) is 2.87. The zero-order chi connectivity index (χ0) is 11.6. The highest BCUT2D eigenvalue weighted by molar-refractivity contribution is 6.42. The van der Waals surface area contributed by atoms with E-state index < -0.39 is 18.2 Å². The Morgan fingerprint density at radius 2 is 1.87 bits per heavy atom. The first-order chi connectivity index (χ1) is 6.95. The van der Waals surface area contributed by atoms with E-state index in [0.29, 0.717) is 0 Å². The molecule has 1 aromatic carbocycles. The highest BCUT2D eigenvalue weighted by Gasteiger charge is 2.27. The lowest BCUT2D eigenvalue weighted by atomic mass is 10.0. The van der Waals surface area contributed by atoms with E-state index in [4.69, 9.17) is 33.4 Å². The molecule has 0 heterocycles. The average molecular weight is 251 g/mol. The van der Waals surface area contributed by atoms with Crippen LogP contribution in [0, 0.1) is 0 Å². The van der Waals surface area contributed by atoms with Gasteiger partial charge in [-0.25, -0.2) is 4.79 Å². The summed E-state index contributed by atoms with van der Waals surface area (Å²) >= 11 is 11.4. The lowest BCUT2D eigenvalue weighted by Gasteiger charge is -2.15. The standard InChI is InChI=1S/C9H8Cl2O4/c10-5-3-1-2-4(6(5)11)7(12)8(13)9(14)15/h1-3,7-8,12-13H,(H,14,15). The summed E-state index contributed by atoms with van der Waals surface area (Å²) in [6.45, 7) is 0. The number of carboxylic acid groups (broad SMARTS) is 1. The van der Waals surface area contributed by atoms with Crippen LogP contribution >= 0.6 is 23.2 Å². The number of hydrogen-bond acceptors (Lipinski definition) is 3. The molecule has 0 saturated carbocycles. The minimum Gasteiger partial charge on any atom is -0.479 e. The third-order valence-corrected chi connectivity index (χ3v) is 2.69. The molecule has 0 aliphatic rings. The van der Waals surface area contributed by atoms with Gasteiger partial charge in [0.2, 0.25) is 0 Å². The van der Waals surface area contributed by atoms with Crippen LogP contribution < -0.4 is 0 Å². The zero-order valence-corrected chi connectivity index (χ0v) is 8.90. The Kier molecular flexibility index (Phi) is 3.93. The molecule has 0 amide bonds. The van der Waals surface area contributed by atoms with Crippen molar-refractivity contribution in [1.82, 2.24) is 0 Å². The van der Waals surface area contributed by atoms with Gasteiger partial charge in [-0.3, -0.25) is 0 Å². The molecule has 1 rings (SSSR count). The summed E-state index contributed by atoms with van der Waals surface area (Å²) in [6.07, 6.45) is -3.53. The van der Waals surface area contributed by atoms with E-state index in [0.717, 1.165) is 0 Å². The van der Waals surface area contributed by atoms with Gasteiger partial charge >= 0.3 is 5.97 Å². The van der Waals surface area contributed by atoms with E-state index in [2.05, 4.69) is 0 Å². The van der Waals surface area contributed by atoms with Crippen LogP contribution in [0.1, 0.15) is 11.7 Å². The Labute approximate surface area is 95.7 Å². The van der Waals surface area contributed by atoms with Crippen LogP contribution in [0.5, 0.6) is 0 Å². The third kappa shape index (κ3) is 2.60. The molecule has 0 spiro atoms. The van der Waals surface area contributed by atoms with E-state index in [1.54, 1.807) is 0 Å². The largest absolute Gasteiger partial charge is 0.479 e. The van der Waals surface area contributed by atoms with Gasteiger partial charge in [-0.15, -0.1) is 0 Å². The molecule has 1 aromatic rings. The van der Waals surface area contributed by atoms with E-state index in [9.17, 15) is 9.90 Å². The maximum Gasteiger partial charge on any atom is 0.335 e. The Bertz CT molecular complexity index is 380. The fraction of sp³-hybridized carbons (Fsp3) is 0.222. The van der Waals surface area contributed by atoms with Gasteiger partial charge in [0.1, 0.15) is 6.10 Å².